The highest BCUT2D eigenvalue weighted by atomic mass is 32.1. The molecule has 0 saturated carbocycles. The van der Waals surface area contributed by atoms with Crippen molar-refractivity contribution in [2.45, 2.75) is 0 Å². The van der Waals surface area contributed by atoms with E-state index in [4.69, 9.17) is 24.4 Å². The van der Waals surface area contributed by atoms with Gasteiger partial charge >= 0.3 is 0 Å². The monoisotopic (exact) mass is 786 g/mol. The zero-order chi connectivity index (χ0) is 39.3. The first-order chi connectivity index (χ1) is 29.7. The zero-order valence-corrected chi connectivity index (χ0v) is 32.6. The Hall–Kier alpha value is -7.94. The minimum atomic E-state index is 0.553. The summed E-state index contributed by atoms with van der Waals surface area (Å²) in [6.07, 6.45) is 0. The van der Waals surface area contributed by atoms with Crippen molar-refractivity contribution in [3.63, 3.8) is 0 Å². The highest BCUT2D eigenvalue weighted by Crippen LogP contribution is 2.42. The fourth-order valence-electron chi connectivity index (χ4n) is 8.90. The number of para-hydroxylation sites is 4. The highest BCUT2D eigenvalue weighted by molar-refractivity contribution is 7.25. The molecule has 13 rings (SSSR count). The summed E-state index contributed by atoms with van der Waals surface area (Å²) in [6, 6.07) is 63.4. The summed E-state index contributed by atoms with van der Waals surface area (Å²) in [7, 11) is 0. The molecule has 8 heteroatoms. The summed E-state index contributed by atoms with van der Waals surface area (Å²) in [5.74, 6) is 2.38. The predicted molar refractivity (Wildman–Crippen MR) is 245 cm³/mol. The van der Waals surface area contributed by atoms with Crippen LogP contribution in [0.4, 0.5) is 0 Å². The molecule has 0 amide bonds. The van der Waals surface area contributed by atoms with Crippen LogP contribution < -0.4 is 0 Å². The van der Waals surface area contributed by atoms with Crippen LogP contribution in [0.1, 0.15) is 0 Å². The van der Waals surface area contributed by atoms with Crippen molar-refractivity contribution >= 4 is 86.2 Å². The molecule has 7 nitrogen and oxygen atoms in total. The van der Waals surface area contributed by atoms with Crippen LogP contribution in [0.15, 0.2) is 186 Å². The number of benzene rings is 8. The van der Waals surface area contributed by atoms with Crippen LogP contribution >= 0.6 is 11.3 Å². The van der Waals surface area contributed by atoms with Crippen LogP contribution in [0, 0.1) is 0 Å². The topological polar surface area (TPSA) is 74.6 Å². The maximum absolute atomic E-state index is 6.16. The summed E-state index contributed by atoms with van der Waals surface area (Å²) >= 11 is 1.79. The molecule has 0 aliphatic carbocycles. The van der Waals surface area contributed by atoms with Crippen LogP contribution in [0.25, 0.3) is 121 Å². The van der Waals surface area contributed by atoms with Gasteiger partial charge in [0.1, 0.15) is 5.52 Å². The van der Waals surface area contributed by atoms with Crippen molar-refractivity contribution in [2.75, 3.05) is 0 Å². The molecule has 0 aliphatic rings. The van der Waals surface area contributed by atoms with Gasteiger partial charge in [0, 0.05) is 64.1 Å². The fraction of sp³-hybridized carbons (Fsp3) is 0. The molecule has 0 spiro atoms. The van der Waals surface area contributed by atoms with Gasteiger partial charge in [0.05, 0.1) is 22.1 Å². The van der Waals surface area contributed by atoms with Crippen molar-refractivity contribution < 1.29 is 4.42 Å². The first-order valence-corrected chi connectivity index (χ1v) is 20.7. The van der Waals surface area contributed by atoms with Gasteiger partial charge in [0.25, 0.3) is 0 Å². The van der Waals surface area contributed by atoms with Crippen LogP contribution in [0.3, 0.4) is 0 Å². The third-order valence-corrected chi connectivity index (χ3v) is 12.8. The van der Waals surface area contributed by atoms with E-state index in [2.05, 4.69) is 149 Å². The summed E-state index contributed by atoms with van der Waals surface area (Å²) < 4.78 is 13.2. The Morgan fingerprint density at radius 2 is 0.983 bits per heavy atom. The molecule has 13 aromatic rings. The second-order valence-electron chi connectivity index (χ2n) is 15.1. The van der Waals surface area contributed by atoms with Crippen LogP contribution in [-0.2, 0) is 0 Å². The normalized spacial score (nSPS) is 12.0. The zero-order valence-electron chi connectivity index (χ0n) is 31.8. The summed E-state index contributed by atoms with van der Waals surface area (Å²) in [4.78, 5) is 20.6. The maximum atomic E-state index is 6.16. The van der Waals surface area contributed by atoms with Crippen molar-refractivity contribution in [3.8, 4) is 45.9 Å². The molecule has 0 radical (unpaired) electrons. The number of aromatic nitrogens is 6. The van der Waals surface area contributed by atoms with E-state index in [1.807, 2.05) is 42.5 Å². The van der Waals surface area contributed by atoms with Gasteiger partial charge in [-0.15, -0.1) is 11.3 Å². The first-order valence-electron chi connectivity index (χ1n) is 19.9. The molecule has 0 saturated heterocycles. The number of rotatable bonds is 5. The lowest BCUT2D eigenvalue weighted by atomic mass is 10.1. The molecule has 8 aromatic carbocycles. The molecule has 0 N–H and O–H groups in total. The number of fused-ring (bicyclic) bond motifs is 11. The van der Waals surface area contributed by atoms with Crippen molar-refractivity contribution in [1.29, 1.82) is 0 Å². The Morgan fingerprint density at radius 1 is 0.400 bits per heavy atom. The van der Waals surface area contributed by atoms with Crippen LogP contribution in [0.2, 0.25) is 0 Å². The van der Waals surface area contributed by atoms with Crippen LogP contribution in [-0.4, -0.2) is 29.1 Å². The van der Waals surface area contributed by atoms with Gasteiger partial charge in [-0.05, 0) is 60.7 Å². The molecule has 0 bridgehead atoms. The Kier molecular flexibility index (Phi) is 7.05. The molecule has 0 fully saturated rings. The number of thiophene rings is 1. The fourth-order valence-corrected chi connectivity index (χ4v) is 10.0. The van der Waals surface area contributed by atoms with E-state index in [1.54, 1.807) is 11.3 Å². The Labute approximate surface area is 346 Å². The summed E-state index contributed by atoms with van der Waals surface area (Å²) in [5, 5.41) is 7.02. The molecule has 5 heterocycles. The lowest BCUT2D eigenvalue weighted by molar-refractivity contribution is 0.620. The summed E-state index contributed by atoms with van der Waals surface area (Å²) in [5.41, 5.74) is 9.59. The van der Waals surface area contributed by atoms with Crippen LogP contribution in [0.5, 0.6) is 0 Å². The second kappa shape index (κ2) is 12.8. The molecular formula is C52H30N6OS. The van der Waals surface area contributed by atoms with Gasteiger partial charge in [-0.1, -0.05) is 121 Å². The average Bonchev–Trinajstić information content (AvgIpc) is 4.08. The smallest absolute Gasteiger partial charge is 0.238 e. The van der Waals surface area contributed by atoms with Crippen molar-refractivity contribution in [2.24, 2.45) is 0 Å². The third-order valence-electron chi connectivity index (χ3n) is 11.6. The van der Waals surface area contributed by atoms with Gasteiger partial charge in [-0.3, -0.25) is 4.57 Å². The number of nitrogens with zero attached hydrogens (tertiary/aromatic N) is 6. The van der Waals surface area contributed by atoms with Crippen molar-refractivity contribution in [1.82, 2.24) is 29.1 Å². The van der Waals surface area contributed by atoms with E-state index in [1.165, 1.54) is 20.2 Å². The minimum absolute atomic E-state index is 0.553. The van der Waals surface area contributed by atoms with Gasteiger partial charge in [0.15, 0.2) is 17.2 Å². The minimum Gasteiger partial charge on any atom is -0.436 e. The van der Waals surface area contributed by atoms with E-state index < -0.39 is 0 Å². The van der Waals surface area contributed by atoms with Gasteiger partial charge < -0.3 is 8.98 Å². The lowest BCUT2D eigenvalue weighted by Crippen LogP contribution is -2.07. The molecular weight excluding hydrogens is 757 g/mol. The van der Waals surface area contributed by atoms with Crippen molar-refractivity contribution in [3.05, 3.63) is 182 Å². The molecule has 5 aromatic heterocycles. The largest absolute Gasteiger partial charge is 0.436 e. The predicted octanol–water partition coefficient (Wildman–Crippen LogP) is 13.6. The van der Waals surface area contributed by atoms with Gasteiger partial charge in [-0.25, -0.2) is 9.97 Å². The van der Waals surface area contributed by atoms with Gasteiger partial charge in [0.2, 0.25) is 11.8 Å². The van der Waals surface area contributed by atoms with E-state index in [0.29, 0.717) is 23.5 Å². The average molecular weight is 787 g/mol. The maximum Gasteiger partial charge on any atom is 0.238 e. The Bertz CT molecular complexity index is 3810. The second-order valence-corrected chi connectivity index (χ2v) is 16.1. The van der Waals surface area contributed by atoms with E-state index in [0.717, 1.165) is 77.1 Å². The molecule has 0 aliphatic heterocycles. The van der Waals surface area contributed by atoms with E-state index in [-0.39, 0.29) is 0 Å². The number of oxazole rings is 1. The quantitative estimate of drug-likeness (QED) is 0.174. The van der Waals surface area contributed by atoms with E-state index >= 15 is 0 Å². The SMILES string of the molecule is c1ccc(-c2nc(-c3ccc4c(c3)sc3ccccc34)nc(-n3c4ccccc4c4ccc5c6ccccc6n(-c6ccc(-c7nc8ccccc8o7)cc6)c5c43)n2)cc1. The third kappa shape index (κ3) is 4.95. The van der Waals surface area contributed by atoms with Gasteiger partial charge in [-0.2, -0.15) is 9.97 Å². The first kappa shape index (κ1) is 33.1. The molecule has 0 unspecified atom stereocenters. The Balaban J connectivity index is 1.09. The standard InChI is InChI=1S/C52H30N6OS/c1-2-12-31(13-3-1)49-54-50(33-24-27-38-37-16-6-11-21-45(37)60-46(38)30-33)56-52(55-49)58-43-19-9-5-15-36(43)40-29-28-39-35-14-4-8-18-42(35)57(47(39)48(40)58)34-25-22-32(23-26-34)51-53-41-17-7-10-20-44(41)59-51/h1-30H. The lowest BCUT2D eigenvalue weighted by Gasteiger charge is -2.13. The Morgan fingerprint density at radius 3 is 1.75 bits per heavy atom. The molecule has 60 heavy (non-hydrogen) atoms. The number of hydrogen-bond donors (Lipinski definition) is 0. The molecule has 280 valence electrons. The molecule has 0 atom stereocenters. The summed E-state index contributed by atoms with van der Waals surface area (Å²) in [6.45, 7) is 0. The highest BCUT2D eigenvalue weighted by Gasteiger charge is 2.24. The number of hydrogen-bond acceptors (Lipinski definition) is 6. The van der Waals surface area contributed by atoms with E-state index in [9.17, 15) is 0 Å².